The van der Waals surface area contributed by atoms with Gasteiger partial charge >= 0.3 is 12.1 Å². The van der Waals surface area contributed by atoms with Crippen LogP contribution in [0.2, 0.25) is 0 Å². The van der Waals surface area contributed by atoms with Crippen molar-refractivity contribution in [2.45, 2.75) is 57.7 Å². The molecule has 8 heteroatoms. The van der Waals surface area contributed by atoms with Gasteiger partial charge in [0.2, 0.25) is 5.91 Å². The van der Waals surface area contributed by atoms with Crippen molar-refractivity contribution in [2.75, 3.05) is 13.2 Å². The van der Waals surface area contributed by atoms with Crippen LogP contribution >= 0.6 is 0 Å². The van der Waals surface area contributed by atoms with Crippen LogP contribution in [0.5, 0.6) is 0 Å². The summed E-state index contributed by atoms with van der Waals surface area (Å²) in [5, 5.41) is 19.6. The number of ether oxygens (including phenoxy) is 1. The number of aliphatic carboxylic acids is 1. The van der Waals surface area contributed by atoms with E-state index in [4.69, 9.17) is 4.74 Å². The van der Waals surface area contributed by atoms with E-state index in [1.165, 1.54) is 11.0 Å². The lowest BCUT2D eigenvalue weighted by atomic mass is 9.82. The van der Waals surface area contributed by atoms with Crippen molar-refractivity contribution >= 4 is 18.0 Å². The number of likely N-dealkylation sites (tertiary alicyclic amines) is 1. The zero-order valence-corrected chi connectivity index (χ0v) is 16.8. The van der Waals surface area contributed by atoms with Crippen LogP contribution in [0, 0.1) is 5.92 Å². The molecule has 4 atom stereocenters. The fourth-order valence-corrected chi connectivity index (χ4v) is 4.58. The Morgan fingerprint density at radius 3 is 2.72 bits per heavy atom. The standard InChI is InChI=1S/C21H28N2O6/c1-4-9-29-21(28)22-8-6-5-7-14(22)10-12(2)15-11-16-17(13(3)24)19(25)23(16)18(15)20(26)27/h4,10,13-14,16-17,24H,1,5-9,11H2,2-3H3,(H,26,27)/b12-10+/t13-,14?,16-,17-/m1/s1. The highest BCUT2D eigenvalue weighted by atomic mass is 16.6. The number of amides is 2. The third-order valence-electron chi connectivity index (χ3n) is 5.96. The second-order valence-corrected chi connectivity index (χ2v) is 7.85. The fourth-order valence-electron chi connectivity index (χ4n) is 4.58. The molecule has 158 valence electrons. The number of fused-ring (bicyclic) bond motifs is 1. The van der Waals surface area contributed by atoms with Gasteiger partial charge in [-0.2, -0.15) is 0 Å². The number of hydrogen-bond acceptors (Lipinski definition) is 5. The molecule has 0 spiro atoms. The number of carboxylic acids is 1. The van der Waals surface area contributed by atoms with Gasteiger partial charge in [0.05, 0.1) is 24.1 Å². The molecule has 2 amide bonds. The number of nitrogens with zero attached hydrogens (tertiary/aromatic N) is 2. The molecule has 3 rings (SSSR count). The summed E-state index contributed by atoms with van der Waals surface area (Å²) in [6, 6.07) is -0.521. The maximum atomic E-state index is 12.4. The van der Waals surface area contributed by atoms with E-state index in [0.717, 1.165) is 24.8 Å². The first-order chi connectivity index (χ1) is 13.8. The second-order valence-electron chi connectivity index (χ2n) is 7.85. The van der Waals surface area contributed by atoms with Crippen molar-refractivity contribution in [3.63, 3.8) is 0 Å². The third kappa shape index (κ3) is 3.81. The Labute approximate surface area is 170 Å². The molecular weight excluding hydrogens is 376 g/mol. The summed E-state index contributed by atoms with van der Waals surface area (Å²) >= 11 is 0. The monoisotopic (exact) mass is 404 g/mol. The summed E-state index contributed by atoms with van der Waals surface area (Å²) in [5.41, 5.74) is 1.31. The predicted octanol–water partition coefficient (Wildman–Crippen LogP) is 2.06. The first-order valence-electron chi connectivity index (χ1n) is 9.98. The molecule has 3 heterocycles. The zero-order chi connectivity index (χ0) is 21.3. The van der Waals surface area contributed by atoms with Gasteiger partial charge < -0.3 is 24.7 Å². The van der Waals surface area contributed by atoms with Crippen LogP contribution in [0.1, 0.15) is 39.5 Å². The molecule has 0 bridgehead atoms. The molecule has 2 saturated heterocycles. The summed E-state index contributed by atoms with van der Waals surface area (Å²) in [4.78, 5) is 39.6. The number of carbonyl (C=O) groups is 3. The molecule has 0 aromatic carbocycles. The number of hydrogen-bond donors (Lipinski definition) is 2. The van der Waals surface area contributed by atoms with Crippen LogP contribution in [-0.2, 0) is 14.3 Å². The maximum absolute atomic E-state index is 12.4. The molecule has 0 radical (unpaired) electrons. The van der Waals surface area contributed by atoms with Crippen molar-refractivity contribution in [1.29, 1.82) is 0 Å². The molecule has 3 aliphatic heterocycles. The molecule has 0 saturated carbocycles. The number of rotatable bonds is 6. The molecule has 29 heavy (non-hydrogen) atoms. The van der Waals surface area contributed by atoms with Gasteiger partial charge in [0.15, 0.2) is 0 Å². The van der Waals surface area contributed by atoms with Crippen molar-refractivity contribution in [2.24, 2.45) is 5.92 Å². The molecule has 1 unspecified atom stereocenters. The largest absolute Gasteiger partial charge is 0.477 e. The summed E-state index contributed by atoms with van der Waals surface area (Å²) in [6.45, 7) is 7.63. The topological polar surface area (TPSA) is 107 Å². The van der Waals surface area contributed by atoms with Crippen molar-refractivity contribution in [1.82, 2.24) is 9.80 Å². The molecule has 0 aliphatic carbocycles. The number of piperidine rings is 1. The Bertz CT molecular complexity index is 784. The first kappa shape index (κ1) is 21.1. The number of aliphatic hydroxyl groups excluding tert-OH is 1. The Kier molecular flexibility index (Phi) is 6.12. The normalized spacial score (nSPS) is 28.0. The van der Waals surface area contributed by atoms with Crippen molar-refractivity contribution < 1.29 is 29.3 Å². The molecular formula is C21H28N2O6. The predicted molar refractivity (Wildman–Crippen MR) is 105 cm³/mol. The van der Waals surface area contributed by atoms with E-state index in [2.05, 4.69) is 6.58 Å². The highest BCUT2D eigenvalue weighted by Crippen LogP contribution is 2.45. The van der Waals surface area contributed by atoms with E-state index in [1.807, 2.05) is 13.0 Å². The second kappa shape index (κ2) is 8.41. The number of β-lactam (4-membered cyclic amide) rings is 1. The third-order valence-corrected chi connectivity index (χ3v) is 5.96. The van der Waals surface area contributed by atoms with Gasteiger partial charge in [-0.1, -0.05) is 18.7 Å². The summed E-state index contributed by atoms with van der Waals surface area (Å²) in [6.07, 6.45) is 5.18. The lowest BCUT2D eigenvalue weighted by Crippen LogP contribution is -2.61. The van der Waals surface area contributed by atoms with Gasteiger partial charge in [-0.15, -0.1) is 0 Å². The molecule has 8 nitrogen and oxygen atoms in total. The van der Waals surface area contributed by atoms with Gasteiger partial charge in [-0.3, -0.25) is 4.79 Å². The Morgan fingerprint density at radius 1 is 1.38 bits per heavy atom. The SMILES string of the molecule is C=CCOC(=O)N1CCCCC1/C=C(\C)C1=C(C(=O)O)N2C(=O)[C@H]([C@@H](C)O)[C@H]2C1. The molecule has 2 N–H and O–H groups in total. The van der Waals surface area contributed by atoms with Crippen LogP contribution in [0.15, 0.2) is 35.6 Å². The van der Waals surface area contributed by atoms with E-state index in [0.29, 0.717) is 18.5 Å². The quantitative estimate of drug-likeness (QED) is 0.518. The van der Waals surface area contributed by atoms with Crippen molar-refractivity contribution in [3.05, 3.63) is 35.6 Å². The minimum Gasteiger partial charge on any atom is -0.477 e. The Morgan fingerprint density at radius 2 is 2.10 bits per heavy atom. The van der Waals surface area contributed by atoms with Crippen LogP contribution in [0.3, 0.4) is 0 Å². The highest BCUT2D eigenvalue weighted by Gasteiger charge is 2.56. The van der Waals surface area contributed by atoms with E-state index in [9.17, 15) is 24.6 Å². The number of allylic oxidation sites excluding steroid dienone is 1. The van der Waals surface area contributed by atoms with Gasteiger partial charge in [-0.25, -0.2) is 9.59 Å². The molecule has 0 aromatic rings. The minimum absolute atomic E-state index is 0.0118. The van der Waals surface area contributed by atoms with Crippen LogP contribution in [0.4, 0.5) is 4.79 Å². The molecule has 2 fully saturated rings. The lowest BCUT2D eigenvalue weighted by molar-refractivity contribution is -0.161. The minimum atomic E-state index is -1.15. The van der Waals surface area contributed by atoms with Gasteiger partial charge in [0.1, 0.15) is 12.3 Å². The van der Waals surface area contributed by atoms with E-state index in [-0.39, 0.29) is 30.3 Å². The lowest BCUT2D eigenvalue weighted by Gasteiger charge is -2.44. The summed E-state index contributed by atoms with van der Waals surface area (Å²) < 4.78 is 5.18. The molecule has 0 aromatic heterocycles. The van der Waals surface area contributed by atoms with E-state index in [1.54, 1.807) is 11.8 Å². The first-order valence-corrected chi connectivity index (χ1v) is 9.98. The summed E-state index contributed by atoms with van der Waals surface area (Å²) in [7, 11) is 0. The fraction of sp³-hybridized carbons (Fsp3) is 0.571. The van der Waals surface area contributed by atoms with Crippen LogP contribution in [0.25, 0.3) is 0 Å². The maximum Gasteiger partial charge on any atom is 0.410 e. The van der Waals surface area contributed by atoms with E-state index < -0.39 is 24.1 Å². The Hall–Kier alpha value is -2.61. The Balaban J connectivity index is 1.86. The van der Waals surface area contributed by atoms with Gasteiger partial charge in [0.25, 0.3) is 0 Å². The number of aliphatic hydroxyl groups is 1. The van der Waals surface area contributed by atoms with Crippen LogP contribution in [-0.4, -0.2) is 69.3 Å². The summed E-state index contributed by atoms with van der Waals surface area (Å²) in [5.74, 6) is -2.08. The molecule has 3 aliphatic rings. The number of carbonyl (C=O) groups excluding carboxylic acids is 2. The average Bonchev–Trinajstić information content (AvgIpc) is 3.01. The van der Waals surface area contributed by atoms with Crippen molar-refractivity contribution in [3.8, 4) is 0 Å². The number of carboxylic acid groups (broad SMARTS) is 1. The van der Waals surface area contributed by atoms with E-state index >= 15 is 0 Å². The average molecular weight is 404 g/mol. The highest BCUT2D eigenvalue weighted by molar-refractivity contribution is 6.00. The zero-order valence-electron chi connectivity index (χ0n) is 16.8. The van der Waals surface area contributed by atoms with Gasteiger partial charge in [0, 0.05) is 6.54 Å². The van der Waals surface area contributed by atoms with Crippen LogP contribution < -0.4 is 0 Å². The van der Waals surface area contributed by atoms with Gasteiger partial charge in [-0.05, 0) is 50.7 Å². The smallest absolute Gasteiger partial charge is 0.410 e.